The van der Waals surface area contributed by atoms with Gasteiger partial charge >= 0.3 is 0 Å². The molecule has 0 radical (unpaired) electrons. The van der Waals surface area contributed by atoms with E-state index in [0.29, 0.717) is 21.1 Å². The lowest BCUT2D eigenvalue weighted by Crippen LogP contribution is -2.11. The summed E-state index contributed by atoms with van der Waals surface area (Å²) >= 11 is 4.67. The van der Waals surface area contributed by atoms with Crippen LogP contribution in [0.4, 0.5) is 11.4 Å². The molecule has 0 aliphatic rings. The summed E-state index contributed by atoms with van der Waals surface area (Å²) in [6.45, 7) is 0. The van der Waals surface area contributed by atoms with Crippen molar-refractivity contribution in [3.05, 3.63) is 70.1 Å². The van der Waals surface area contributed by atoms with Gasteiger partial charge in [0.2, 0.25) is 0 Å². The Morgan fingerprint density at radius 1 is 1.08 bits per heavy atom. The van der Waals surface area contributed by atoms with Crippen molar-refractivity contribution in [2.45, 2.75) is 0 Å². The molecule has 5 nitrogen and oxygen atoms in total. The molecule has 0 atom stereocenters. The molecule has 0 spiro atoms. The molecule has 0 saturated carbocycles. The lowest BCUT2D eigenvalue weighted by Gasteiger charge is -2.04. The minimum absolute atomic E-state index is 0.247. The quantitative estimate of drug-likeness (QED) is 0.487. The molecule has 0 bridgehead atoms. The number of rotatable bonds is 3. The van der Waals surface area contributed by atoms with Crippen LogP contribution in [-0.2, 0) is 0 Å². The lowest BCUT2D eigenvalue weighted by molar-refractivity contribution is 0.103. The van der Waals surface area contributed by atoms with Gasteiger partial charge in [-0.3, -0.25) is 9.78 Å². The molecule has 4 aromatic rings. The van der Waals surface area contributed by atoms with Crippen molar-refractivity contribution in [3.8, 4) is 11.4 Å². The van der Waals surface area contributed by atoms with E-state index in [1.165, 1.54) is 11.3 Å². The summed E-state index contributed by atoms with van der Waals surface area (Å²) in [5.41, 5.74) is 8.86. The van der Waals surface area contributed by atoms with Crippen molar-refractivity contribution < 1.29 is 4.79 Å². The van der Waals surface area contributed by atoms with Gasteiger partial charge in [-0.1, -0.05) is 28.1 Å². The highest BCUT2D eigenvalue weighted by molar-refractivity contribution is 9.10. The monoisotopic (exact) mass is 424 g/mol. The third-order valence-corrected chi connectivity index (χ3v) is 5.42. The molecule has 7 heteroatoms. The Balaban J connectivity index is 1.69. The molecule has 1 aromatic carbocycles. The molecule has 0 aliphatic carbocycles. The van der Waals surface area contributed by atoms with Gasteiger partial charge in [0, 0.05) is 21.7 Å². The fourth-order valence-corrected chi connectivity index (χ4v) is 3.97. The molecule has 26 heavy (non-hydrogen) atoms. The summed E-state index contributed by atoms with van der Waals surface area (Å²) in [5.74, 6) is -0.247. The zero-order valence-electron chi connectivity index (χ0n) is 13.4. The van der Waals surface area contributed by atoms with Crippen LogP contribution in [0.5, 0.6) is 0 Å². The third kappa shape index (κ3) is 3.18. The lowest BCUT2D eigenvalue weighted by atomic mass is 10.2. The van der Waals surface area contributed by atoms with E-state index < -0.39 is 0 Å². The smallest absolute Gasteiger partial charge is 0.267 e. The van der Waals surface area contributed by atoms with Crippen LogP contribution in [0.25, 0.3) is 21.6 Å². The molecule has 4 rings (SSSR count). The van der Waals surface area contributed by atoms with Crippen LogP contribution in [0.15, 0.2) is 65.3 Å². The number of carbonyl (C=O) groups excluding carboxylic acids is 1. The van der Waals surface area contributed by atoms with Crippen LogP contribution in [0.3, 0.4) is 0 Å². The number of fused-ring (bicyclic) bond motifs is 1. The first-order valence-electron chi connectivity index (χ1n) is 7.79. The van der Waals surface area contributed by atoms with E-state index in [4.69, 9.17) is 5.73 Å². The molecular formula is C19H13BrN4OS. The summed E-state index contributed by atoms with van der Waals surface area (Å²) in [6.07, 6.45) is 1.72. The molecule has 0 aliphatic heterocycles. The predicted octanol–water partition coefficient (Wildman–Crippen LogP) is 4.96. The molecule has 0 fully saturated rings. The molecule has 3 heterocycles. The van der Waals surface area contributed by atoms with Gasteiger partial charge in [-0.05, 0) is 42.5 Å². The second-order valence-electron chi connectivity index (χ2n) is 5.57. The van der Waals surface area contributed by atoms with Gasteiger partial charge in [-0.15, -0.1) is 11.3 Å². The van der Waals surface area contributed by atoms with Gasteiger partial charge in [-0.25, -0.2) is 4.98 Å². The molecule has 1 amide bonds. The zero-order valence-corrected chi connectivity index (χ0v) is 15.8. The molecular weight excluding hydrogens is 412 g/mol. The van der Waals surface area contributed by atoms with Crippen LogP contribution in [0, 0.1) is 0 Å². The van der Waals surface area contributed by atoms with Crippen molar-refractivity contribution in [1.29, 1.82) is 0 Å². The largest absolute Gasteiger partial charge is 0.397 e. The van der Waals surface area contributed by atoms with Crippen molar-refractivity contribution in [1.82, 2.24) is 9.97 Å². The minimum atomic E-state index is -0.247. The van der Waals surface area contributed by atoms with Gasteiger partial charge in [0.05, 0.1) is 17.1 Å². The van der Waals surface area contributed by atoms with E-state index in [1.54, 1.807) is 6.20 Å². The molecule has 3 aromatic heterocycles. The Labute approximate surface area is 162 Å². The van der Waals surface area contributed by atoms with Crippen molar-refractivity contribution >= 4 is 54.8 Å². The fraction of sp³-hybridized carbons (Fsp3) is 0. The van der Waals surface area contributed by atoms with Gasteiger partial charge < -0.3 is 11.1 Å². The average Bonchev–Trinajstić information content (AvgIpc) is 2.99. The van der Waals surface area contributed by atoms with Crippen LogP contribution in [-0.4, -0.2) is 15.9 Å². The zero-order chi connectivity index (χ0) is 18.1. The number of carbonyl (C=O) groups is 1. The Morgan fingerprint density at radius 3 is 2.73 bits per heavy atom. The number of nitrogen functional groups attached to an aromatic ring is 1. The average molecular weight is 425 g/mol. The van der Waals surface area contributed by atoms with E-state index in [9.17, 15) is 4.79 Å². The Bertz CT molecular complexity index is 1110. The highest BCUT2D eigenvalue weighted by Crippen LogP contribution is 2.34. The summed E-state index contributed by atoms with van der Waals surface area (Å²) in [6, 6.07) is 16.8. The molecule has 0 unspecified atom stereocenters. The molecule has 128 valence electrons. The standard InChI is InChI=1S/C19H13BrN4OS/c20-11-4-3-5-12(10-11)23-18(25)17-16(21)13-7-8-15(24-19(13)26-17)14-6-1-2-9-22-14/h1-10H,21H2,(H,23,25). The summed E-state index contributed by atoms with van der Waals surface area (Å²) in [4.78, 5) is 22.7. The van der Waals surface area contributed by atoms with E-state index in [0.717, 1.165) is 21.2 Å². The number of benzene rings is 1. The maximum Gasteiger partial charge on any atom is 0.267 e. The Kier molecular flexibility index (Phi) is 4.40. The van der Waals surface area contributed by atoms with Crippen molar-refractivity contribution in [2.75, 3.05) is 11.1 Å². The maximum absolute atomic E-state index is 12.6. The number of nitrogens with zero attached hydrogens (tertiary/aromatic N) is 2. The van der Waals surface area contributed by atoms with Crippen LogP contribution < -0.4 is 11.1 Å². The van der Waals surface area contributed by atoms with E-state index in [-0.39, 0.29) is 5.91 Å². The third-order valence-electron chi connectivity index (χ3n) is 3.81. The summed E-state index contributed by atoms with van der Waals surface area (Å²) in [7, 11) is 0. The van der Waals surface area contributed by atoms with Crippen LogP contribution >= 0.6 is 27.3 Å². The second-order valence-corrected chi connectivity index (χ2v) is 7.49. The number of anilines is 2. The second kappa shape index (κ2) is 6.86. The number of nitrogens with one attached hydrogen (secondary N) is 1. The first-order chi connectivity index (χ1) is 12.6. The first-order valence-corrected chi connectivity index (χ1v) is 9.40. The van der Waals surface area contributed by atoms with E-state index in [2.05, 4.69) is 31.2 Å². The number of nitrogens with two attached hydrogens (primary N) is 1. The van der Waals surface area contributed by atoms with Gasteiger partial charge in [0.15, 0.2) is 0 Å². The van der Waals surface area contributed by atoms with Gasteiger partial charge in [0.1, 0.15) is 9.71 Å². The number of hydrogen-bond donors (Lipinski definition) is 2. The van der Waals surface area contributed by atoms with Gasteiger partial charge in [0.25, 0.3) is 5.91 Å². The molecule has 3 N–H and O–H groups in total. The van der Waals surface area contributed by atoms with E-state index in [1.807, 2.05) is 54.6 Å². The number of hydrogen-bond acceptors (Lipinski definition) is 5. The minimum Gasteiger partial charge on any atom is -0.397 e. The predicted molar refractivity (Wildman–Crippen MR) is 109 cm³/mol. The number of thiophene rings is 1. The SMILES string of the molecule is Nc1c(C(=O)Nc2cccc(Br)c2)sc2nc(-c3ccccn3)ccc12. The Morgan fingerprint density at radius 2 is 1.96 bits per heavy atom. The van der Waals surface area contributed by atoms with Crippen molar-refractivity contribution in [2.24, 2.45) is 0 Å². The van der Waals surface area contributed by atoms with Crippen LogP contribution in [0.1, 0.15) is 9.67 Å². The molecule has 0 saturated heterocycles. The van der Waals surface area contributed by atoms with E-state index >= 15 is 0 Å². The maximum atomic E-state index is 12.6. The normalized spacial score (nSPS) is 10.8. The topological polar surface area (TPSA) is 80.9 Å². The fourth-order valence-electron chi connectivity index (χ4n) is 2.58. The van der Waals surface area contributed by atoms with Crippen LogP contribution in [0.2, 0.25) is 0 Å². The highest BCUT2D eigenvalue weighted by Gasteiger charge is 2.18. The first kappa shape index (κ1) is 16.7. The number of aromatic nitrogens is 2. The number of pyridine rings is 2. The Hall–Kier alpha value is -2.77. The van der Waals surface area contributed by atoms with Gasteiger partial charge in [-0.2, -0.15) is 0 Å². The summed E-state index contributed by atoms with van der Waals surface area (Å²) in [5, 5.41) is 3.64. The number of amides is 1. The highest BCUT2D eigenvalue weighted by atomic mass is 79.9. The summed E-state index contributed by atoms with van der Waals surface area (Å²) < 4.78 is 0.890. The number of halogens is 1. The van der Waals surface area contributed by atoms with Crippen molar-refractivity contribution in [3.63, 3.8) is 0 Å².